The molecule has 0 saturated carbocycles. The number of nitrogens with one attached hydrogen (secondary N) is 1. The molecule has 0 unspecified atom stereocenters. The molecule has 0 spiro atoms. The molecular weight excluding hydrogens is 722 g/mol. The number of anilines is 1. The Hall–Kier alpha value is -4.65. The molecule has 0 radical (unpaired) electrons. The van der Waals surface area contributed by atoms with Gasteiger partial charge in [-0.05, 0) is 76.9 Å². The van der Waals surface area contributed by atoms with Crippen molar-refractivity contribution in [2.75, 3.05) is 90.4 Å². The van der Waals surface area contributed by atoms with Crippen molar-refractivity contribution in [1.29, 1.82) is 0 Å². The Balaban J connectivity index is 0.00000812. The molecule has 1 aliphatic heterocycles. The lowest BCUT2D eigenvalue weighted by atomic mass is 9.90. The third-order valence-corrected chi connectivity index (χ3v) is 9.28. The van der Waals surface area contributed by atoms with E-state index in [0.29, 0.717) is 51.7 Å². The van der Waals surface area contributed by atoms with Crippen LogP contribution in [0.4, 0.5) is 5.69 Å². The van der Waals surface area contributed by atoms with E-state index in [4.69, 9.17) is 24.2 Å². The van der Waals surface area contributed by atoms with Crippen LogP contribution in [-0.4, -0.2) is 108 Å². The summed E-state index contributed by atoms with van der Waals surface area (Å²) in [5, 5.41) is 8.26. The second kappa shape index (κ2) is 23.3. The average molecular weight is 778 g/mol. The van der Waals surface area contributed by atoms with Gasteiger partial charge >= 0.3 is 0 Å². The summed E-state index contributed by atoms with van der Waals surface area (Å²) in [6.07, 6.45) is 0. The number of azide groups is 1. The summed E-state index contributed by atoms with van der Waals surface area (Å²) in [7, 11) is 0. The zero-order valence-corrected chi connectivity index (χ0v) is 33.8. The van der Waals surface area contributed by atoms with Gasteiger partial charge in [-0.1, -0.05) is 23.3 Å². The Bertz CT molecular complexity index is 1920. The van der Waals surface area contributed by atoms with Gasteiger partial charge in [0.25, 0.3) is 5.91 Å². The normalized spacial score (nSPS) is 11.0. The summed E-state index contributed by atoms with van der Waals surface area (Å²) in [5.74, 6) is 0.240. The smallest absolute Gasteiger partial charge is 0.255 e. The number of nitrogens with zero attached hydrogens (tertiary/aromatic N) is 6. The van der Waals surface area contributed by atoms with Crippen molar-refractivity contribution in [3.05, 3.63) is 82.0 Å². The maximum absolute atomic E-state index is 14.5. The minimum absolute atomic E-state index is 0. The van der Waals surface area contributed by atoms with Crippen LogP contribution in [0.2, 0.25) is 0 Å². The number of hydrogen-bond acceptors (Lipinski definition) is 8. The fourth-order valence-electron chi connectivity index (χ4n) is 6.43. The molecule has 0 atom stereocenters. The Morgan fingerprint density at radius 2 is 1.55 bits per heavy atom. The van der Waals surface area contributed by atoms with E-state index in [0.717, 1.165) is 70.6 Å². The third-order valence-electron chi connectivity index (χ3n) is 9.28. The van der Waals surface area contributed by atoms with Crippen LogP contribution in [-0.2, 0) is 19.0 Å². The molecule has 1 N–H and O–H groups in total. The molecule has 0 saturated heterocycles. The molecule has 0 fully saturated rings. The Labute approximate surface area is 330 Å². The van der Waals surface area contributed by atoms with Gasteiger partial charge < -0.3 is 46.2 Å². The molecule has 0 aromatic heterocycles. The van der Waals surface area contributed by atoms with Crippen molar-refractivity contribution in [2.45, 2.75) is 47.6 Å². The summed E-state index contributed by atoms with van der Waals surface area (Å²) >= 11 is 0. The van der Waals surface area contributed by atoms with Crippen molar-refractivity contribution in [2.24, 2.45) is 5.11 Å². The number of amides is 2. The monoisotopic (exact) mass is 777 g/mol. The fourth-order valence-corrected chi connectivity index (χ4v) is 6.43. The highest BCUT2D eigenvalue weighted by atomic mass is 35.5. The molecule has 14 heteroatoms. The topological polar surface area (TPSA) is 145 Å². The van der Waals surface area contributed by atoms with Gasteiger partial charge in [-0.25, -0.2) is 4.58 Å². The predicted octanol–water partition coefficient (Wildman–Crippen LogP) is 3.19. The van der Waals surface area contributed by atoms with Crippen LogP contribution in [0.15, 0.2) is 70.2 Å². The van der Waals surface area contributed by atoms with Crippen molar-refractivity contribution in [3.8, 4) is 22.5 Å². The van der Waals surface area contributed by atoms with Crippen molar-refractivity contribution in [1.82, 2.24) is 14.8 Å². The van der Waals surface area contributed by atoms with Crippen LogP contribution >= 0.6 is 0 Å². The van der Waals surface area contributed by atoms with E-state index < -0.39 is 0 Å². The Morgan fingerprint density at radius 3 is 2.20 bits per heavy atom. The second-order valence-corrected chi connectivity index (χ2v) is 12.9. The zero-order chi connectivity index (χ0) is 38.9. The van der Waals surface area contributed by atoms with E-state index in [1.165, 1.54) is 0 Å². The van der Waals surface area contributed by atoms with Crippen LogP contribution in [0.3, 0.4) is 0 Å². The van der Waals surface area contributed by atoms with Crippen molar-refractivity contribution in [3.63, 3.8) is 0 Å². The van der Waals surface area contributed by atoms with Gasteiger partial charge in [0.2, 0.25) is 11.3 Å². The van der Waals surface area contributed by atoms with Crippen LogP contribution in [0.1, 0.15) is 51.9 Å². The highest BCUT2D eigenvalue weighted by Gasteiger charge is 2.27. The van der Waals surface area contributed by atoms with Gasteiger partial charge in [0.05, 0.1) is 45.7 Å². The lowest BCUT2D eigenvalue weighted by Crippen LogP contribution is -3.00. The molecule has 2 aromatic rings. The van der Waals surface area contributed by atoms with Crippen molar-refractivity contribution < 1.29 is 40.6 Å². The quantitative estimate of drug-likeness (QED) is 0.0323. The summed E-state index contributed by atoms with van der Waals surface area (Å²) in [4.78, 5) is 34.1. The Morgan fingerprint density at radius 1 is 0.873 bits per heavy atom. The Kier molecular flexibility index (Phi) is 19.0. The number of ether oxygens (including phenoxy) is 3. The summed E-state index contributed by atoms with van der Waals surface area (Å²) < 4.78 is 25.3. The first kappa shape index (κ1) is 44.7. The zero-order valence-electron chi connectivity index (χ0n) is 33.1. The number of fused-ring (bicyclic) bond motifs is 2. The number of benzene rings is 3. The largest absolute Gasteiger partial charge is 1.00 e. The highest BCUT2D eigenvalue weighted by Crippen LogP contribution is 2.42. The van der Waals surface area contributed by atoms with Gasteiger partial charge in [-0.3, -0.25) is 9.59 Å². The summed E-state index contributed by atoms with van der Waals surface area (Å²) in [6.45, 7) is 18.6. The lowest BCUT2D eigenvalue weighted by molar-refractivity contribution is -0.122. The molecule has 55 heavy (non-hydrogen) atoms. The van der Waals surface area contributed by atoms with E-state index in [9.17, 15) is 9.59 Å². The molecule has 2 aromatic carbocycles. The van der Waals surface area contributed by atoms with Crippen molar-refractivity contribution >= 4 is 28.5 Å². The predicted molar refractivity (Wildman–Crippen MR) is 214 cm³/mol. The first-order valence-corrected chi connectivity index (χ1v) is 19.0. The van der Waals surface area contributed by atoms with E-state index in [-0.39, 0.29) is 43.4 Å². The molecule has 2 amide bonds. The van der Waals surface area contributed by atoms with Gasteiger partial charge in [0, 0.05) is 77.0 Å². The minimum atomic E-state index is -0.269. The molecule has 2 aliphatic rings. The highest BCUT2D eigenvalue weighted by molar-refractivity contribution is 6.10. The van der Waals surface area contributed by atoms with Gasteiger partial charge in [-0.15, -0.1) is 0 Å². The third kappa shape index (κ3) is 12.2. The number of carbonyl (C=O) groups excluding carboxylic acids is 2. The fraction of sp³-hybridized carbons (Fsp3) is 0.488. The van der Waals surface area contributed by atoms with E-state index in [1.54, 1.807) is 4.90 Å². The number of rotatable bonds is 22. The van der Waals surface area contributed by atoms with Gasteiger partial charge in [0.1, 0.15) is 31.0 Å². The maximum Gasteiger partial charge on any atom is 0.255 e. The average Bonchev–Trinajstić information content (AvgIpc) is 3.18. The first-order chi connectivity index (χ1) is 26.3. The van der Waals surface area contributed by atoms with Crippen LogP contribution in [0, 0.1) is 0 Å². The van der Waals surface area contributed by atoms with Gasteiger partial charge in [-0.2, -0.15) is 0 Å². The molecule has 13 nitrogen and oxygen atoms in total. The molecular formula is C41H56ClN7O6. The SMILES string of the molecule is CCN(CC)c1ccc2c(-c3ccccc3C(=O)N(CC(=O)NCCOCCOCCOCCN=[N+]=[N-])C(C)C)c3ccc(=[N+](CC)CC)cc-3oc2c1.[Cl-]. The summed E-state index contributed by atoms with van der Waals surface area (Å²) in [5.41, 5.74) is 13.2. The minimum Gasteiger partial charge on any atom is -1.00 e. The molecule has 298 valence electrons. The van der Waals surface area contributed by atoms with Crippen LogP contribution in [0.5, 0.6) is 0 Å². The molecule has 4 rings (SSSR count). The summed E-state index contributed by atoms with van der Waals surface area (Å²) in [6, 6.07) is 20.0. The molecule has 0 bridgehead atoms. The van der Waals surface area contributed by atoms with Crippen LogP contribution in [0.25, 0.3) is 43.9 Å². The van der Waals surface area contributed by atoms with E-state index in [2.05, 4.69) is 88.9 Å². The van der Waals surface area contributed by atoms with Gasteiger partial charge in [0.15, 0.2) is 0 Å². The standard InChI is InChI=1S/C41H55N7O6.ClH/c1-7-46(8-2)31-15-17-35-37(27-31)54-38-28-32(47(9-3)10-4)16-18-36(38)40(35)33-13-11-12-14-34(33)41(50)48(30(5)6)29-39(49)43-19-21-51-23-25-53-26-24-52-22-20-44-45-42;/h11-18,27-28,30H,7-10,19-26,29H2,1-6H3;1H. The lowest BCUT2D eigenvalue weighted by Gasteiger charge is -2.28. The molecule has 1 heterocycles. The van der Waals surface area contributed by atoms with E-state index >= 15 is 0 Å². The number of halogens is 1. The second-order valence-electron chi connectivity index (χ2n) is 12.9. The van der Waals surface area contributed by atoms with Crippen LogP contribution < -0.4 is 32.6 Å². The maximum atomic E-state index is 14.5. The van der Waals surface area contributed by atoms with E-state index in [1.807, 2.05) is 38.1 Å². The number of hydrogen-bond donors (Lipinski definition) is 1. The number of carbonyl (C=O) groups is 2. The first-order valence-electron chi connectivity index (χ1n) is 19.0. The molecule has 1 aliphatic carbocycles.